The Labute approximate surface area is 150 Å². The summed E-state index contributed by atoms with van der Waals surface area (Å²) in [4.78, 5) is 29.4. The number of para-hydroxylation sites is 1. The number of carbonyl (C=O) groups excluding carboxylic acids is 1. The quantitative estimate of drug-likeness (QED) is 0.559. The van der Waals surface area contributed by atoms with E-state index in [2.05, 4.69) is 10.3 Å². The number of fused-ring (bicyclic) bond motifs is 2. The van der Waals surface area contributed by atoms with Gasteiger partial charge < -0.3 is 4.42 Å². The van der Waals surface area contributed by atoms with E-state index in [0.29, 0.717) is 21.1 Å². The van der Waals surface area contributed by atoms with Gasteiger partial charge in [0.1, 0.15) is 17.4 Å². The van der Waals surface area contributed by atoms with Crippen LogP contribution in [-0.4, -0.2) is 10.9 Å². The van der Waals surface area contributed by atoms with Crippen LogP contribution in [0.25, 0.3) is 21.2 Å². The van der Waals surface area contributed by atoms with Crippen molar-refractivity contribution in [3.63, 3.8) is 0 Å². The third-order valence-electron chi connectivity index (χ3n) is 3.89. The second-order valence-corrected chi connectivity index (χ2v) is 6.90. The minimum Gasteiger partial charge on any atom is -0.463 e. The highest BCUT2D eigenvalue weighted by Gasteiger charge is 2.17. The maximum atomic E-state index is 12.5. The average Bonchev–Trinajstić information content (AvgIpc) is 3.02. The SMILES string of the molecule is Cc1c(Cl)ccc2sc(NC(=O)c3coc4ccccc4c3=O)nc12. The minimum absolute atomic E-state index is 0.0623. The molecule has 1 N–H and O–H groups in total. The normalized spacial score (nSPS) is 11.1. The van der Waals surface area contributed by atoms with Gasteiger partial charge in [0.25, 0.3) is 5.91 Å². The van der Waals surface area contributed by atoms with Crippen LogP contribution in [0.4, 0.5) is 5.13 Å². The molecule has 0 saturated heterocycles. The fourth-order valence-corrected chi connectivity index (χ4v) is 3.63. The van der Waals surface area contributed by atoms with E-state index < -0.39 is 5.91 Å². The van der Waals surface area contributed by atoms with Gasteiger partial charge in [-0.15, -0.1) is 0 Å². The van der Waals surface area contributed by atoms with E-state index in [9.17, 15) is 9.59 Å². The first-order valence-corrected chi connectivity index (χ1v) is 8.61. The van der Waals surface area contributed by atoms with Crippen molar-refractivity contribution in [3.05, 3.63) is 69.0 Å². The second kappa shape index (κ2) is 5.98. The van der Waals surface area contributed by atoms with E-state index in [-0.39, 0.29) is 11.0 Å². The molecule has 124 valence electrons. The van der Waals surface area contributed by atoms with E-state index in [1.54, 1.807) is 30.3 Å². The number of hydrogen-bond acceptors (Lipinski definition) is 5. The van der Waals surface area contributed by atoms with Crippen molar-refractivity contribution < 1.29 is 9.21 Å². The molecule has 2 aromatic heterocycles. The Balaban J connectivity index is 1.72. The van der Waals surface area contributed by atoms with E-state index >= 15 is 0 Å². The monoisotopic (exact) mass is 370 g/mol. The summed E-state index contributed by atoms with van der Waals surface area (Å²) in [7, 11) is 0. The largest absolute Gasteiger partial charge is 0.463 e. The maximum Gasteiger partial charge on any atom is 0.264 e. The van der Waals surface area contributed by atoms with Crippen LogP contribution in [0.15, 0.2) is 51.9 Å². The summed E-state index contributed by atoms with van der Waals surface area (Å²) in [6.45, 7) is 1.87. The number of aryl methyl sites for hydroxylation is 1. The number of aromatic nitrogens is 1. The Morgan fingerprint density at radius 1 is 1.24 bits per heavy atom. The van der Waals surface area contributed by atoms with Crippen molar-refractivity contribution in [2.45, 2.75) is 6.92 Å². The molecule has 7 heteroatoms. The van der Waals surface area contributed by atoms with Crippen molar-refractivity contribution in [1.29, 1.82) is 0 Å². The topological polar surface area (TPSA) is 72.2 Å². The first-order valence-electron chi connectivity index (χ1n) is 7.42. The van der Waals surface area contributed by atoms with Gasteiger partial charge in [-0.3, -0.25) is 14.9 Å². The molecule has 1 amide bonds. The molecular formula is C18H11ClN2O3S. The van der Waals surface area contributed by atoms with Crippen LogP contribution in [0.1, 0.15) is 15.9 Å². The molecular weight excluding hydrogens is 360 g/mol. The third kappa shape index (κ3) is 2.69. The average molecular weight is 371 g/mol. The predicted molar refractivity (Wildman–Crippen MR) is 99.8 cm³/mol. The summed E-state index contributed by atoms with van der Waals surface area (Å²) in [5.41, 5.74) is 1.58. The molecule has 0 aliphatic rings. The number of carbonyl (C=O) groups is 1. The van der Waals surface area contributed by atoms with Crippen molar-refractivity contribution in [2.75, 3.05) is 5.32 Å². The molecule has 4 rings (SSSR count). The third-order valence-corrected chi connectivity index (χ3v) is 5.24. The Bertz CT molecular complexity index is 1200. The van der Waals surface area contributed by atoms with Gasteiger partial charge in [-0.05, 0) is 36.8 Å². The lowest BCUT2D eigenvalue weighted by Gasteiger charge is -2.02. The van der Waals surface area contributed by atoms with E-state index in [1.807, 2.05) is 13.0 Å². The van der Waals surface area contributed by atoms with Crippen LogP contribution in [0, 0.1) is 6.92 Å². The lowest BCUT2D eigenvalue weighted by Crippen LogP contribution is -2.21. The van der Waals surface area contributed by atoms with E-state index in [1.165, 1.54) is 17.6 Å². The molecule has 0 spiro atoms. The Kier molecular flexibility index (Phi) is 3.78. The zero-order valence-electron chi connectivity index (χ0n) is 13.0. The number of benzene rings is 2. The number of hydrogen-bond donors (Lipinski definition) is 1. The van der Waals surface area contributed by atoms with Crippen molar-refractivity contribution in [2.24, 2.45) is 0 Å². The fourth-order valence-electron chi connectivity index (χ4n) is 2.55. The predicted octanol–water partition coefficient (Wildman–Crippen LogP) is 4.62. The maximum absolute atomic E-state index is 12.5. The summed E-state index contributed by atoms with van der Waals surface area (Å²) < 4.78 is 6.29. The molecule has 5 nitrogen and oxygen atoms in total. The zero-order chi connectivity index (χ0) is 17.6. The van der Waals surface area contributed by atoms with Gasteiger partial charge in [0.2, 0.25) is 5.43 Å². The van der Waals surface area contributed by atoms with Crippen LogP contribution in [0.5, 0.6) is 0 Å². The Morgan fingerprint density at radius 3 is 2.88 bits per heavy atom. The van der Waals surface area contributed by atoms with Crippen LogP contribution in [0.3, 0.4) is 0 Å². The van der Waals surface area contributed by atoms with Crippen molar-refractivity contribution in [3.8, 4) is 0 Å². The standard InChI is InChI=1S/C18H11ClN2O3S/c1-9-12(19)6-7-14-15(9)20-18(25-14)21-17(23)11-8-24-13-5-3-2-4-10(13)16(11)22/h2-8H,1H3,(H,20,21,23). The summed E-state index contributed by atoms with van der Waals surface area (Å²) in [6, 6.07) is 10.4. The van der Waals surface area contributed by atoms with Crippen LogP contribution in [0.2, 0.25) is 5.02 Å². The number of rotatable bonds is 2. The van der Waals surface area contributed by atoms with Gasteiger partial charge in [0.15, 0.2) is 5.13 Å². The number of nitrogens with one attached hydrogen (secondary N) is 1. The molecule has 0 unspecified atom stereocenters. The van der Waals surface area contributed by atoms with Gasteiger partial charge >= 0.3 is 0 Å². The highest BCUT2D eigenvalue weighted by Crippen LogP contribution is 2.31. The Hall–Kier alpha value is -2.70. The molecule has 0 saturated carbocycles. The molecule has 0 aliphatic carbocycles. The summed E-state index contributed by atoms with van der Waals surface area (Å²) in [5, 5.41) is 4.05. The van der Waals surface area contributed by atoms with Crippen molar-refractivity contribution in [1.82, 2.24) is 4.98 Å². The number of thiazole rings is 1. The smallest absolute Gasteiger partial charge is 0.264 e. The number of amides is 1. The molecule has 0 radical (unpaired) electrons. The van der Waals surface area contributed by atoms with Gasteiger partial charge in [0, 0.05) is 5.02 Å². The highest BCUT2D eigenvalue weighted by atomic mass is 35.5. The van der Waals surface area contributed by atoms with Gasteiger partial charge in [-0.25, -0.2) is 4.98 Å². The summed E-state index contributed by atoms with van der Waals surface area (Å²) in [6.07, 6.45) is 1.18. The molecule has 0 fully saturated rings. The summed E-state index contributed by atoms with van der Waals surface area (Å²) >= 11 is 7.42. The van der Waals surface area contributed by atoms with Crippen LogP contribution >= 0.6 is 22.9 Å². The van der Waals surface area contributed by atoms with Crippen LogP contribution in [-0.2, 0) is 0 Å². The van der Waals surface area contributed by atoms with E-state index in [0.717, 1.165) is 15.8 Å². The molecule has 4 aromatic rings. The second-order valence-electron chi connectivity index (χ2n) is 5.47. The van der Waals surface area contributed by atoms with Crippen molar-refractivity contribution >= 4 is 55.2 Å². The molecule has 2 heterocycles. The summed E-state index contributed by atoms with van der Waals surface area (Å²) in [5.74, 6) is -0.553. The van der Waals surface area contributed by atoms with Gasteiger partial charge in [-0.1, -0.05) is 35.1 Å². The van der Waals surface area contributed by atoms with Crippen LogP contribution < -0.4 is 10.7 Å². The fraction of sp³-hybridized carbons (Fsp3) is 0.0556. The Morgan fingerprint density at radius 2 is 2.04 bits per heavy atom. The van der Waals surface area contributed by atoms with E-state index in [4.69, 9.17) is 16.0 Å². The highest BCUT2D eigenvalue weighted by molar-refractivity contribution is 7.22. The first kappa shape index (κ1) is 15.8. The first-order chi connectivity index (χ1) is 12.0. The number of halogens is 1. The zero-order valence-corrected chi connectivity index (χ0v) is 14.6. The molecule has 2 aromatic carbocycles. The number of anilines is 1. The molecule has 0 aliphatic heterocycles. The molecule has 0 atom stereocenters. The minimum atomic E-state index is -0.553. The molecule has 25 heavy (non-hydrogen) atoms. The molecule has 0 bridgehead atoms. The number of nitrogens with zero attached hydrogens (tertiary/aromatic N) is 1. The lowest BCUT2D eigenvalue weighted by atomic mass is 10.1. The lowest BCUT2D eigenvalue weighted by molar-refractivity contribution is 0.102. The van der Waals surface area contributed by atoms with Gasteiger partial charge in [0.05, 0.1) is 15.6 Å². The van der Waals surface area contributed by atoms with Gasteiger partial charge in [-0.2, -0.15) is 0 Å².